The molecule has 4 rings (SSSR count). The number of hydrogen-bond donors (Lipinski definition) is 1. The molecule has 6 nitrogen and oxygen atoms in total. The van der Waals surface area contributed by atoms with Crippen molar-refractivity contribution >= 4 is 23.2 Å². The second kappa shape index (κ2) is 6.29. The fourth-order valence-electron chi connectivity index (χ4n) is 2.85. The van der Waals surface area contributed by atoms with Crippen LogP contribution in [0.4, 0.5) is 0 Å². The third kappa shape index (κ3) is 2.89. The third-order valence-corrected chi connectivity index (χ3v) is 4.38. The maximum Gasteiger partial charge on any atom is 0.272 e. The summed E-state index contributed by atoms with van der Waals surface area (Å²) in [4.78, 5) is 16.9. The average molecular weight is 358 g/mol. The molecular weight excluding hydrogens is 342 g/mol. The number of amides is 1. The van der Waals surface area contributed by atoms with E-state index in [4.69, 9.17) is 21.1 Å². The number of pyridine rings is 1. The van der Waals surface area contributed by atoms with Gasteiger partial charge in [0.15, 0.2) is 22.3 Å². The van der Waals surface area contributed by atoms with Gasteiger partial charge in [-0.15, -0.1) is 0 Å². The van der Waals surface area contributed by atoms with Gasteiger partial charge in [0.25, 0.3) is 5.91 Å². The lowest BCUT2D eigenvalue weighted by Crippen LogP contribution is -2.28. The monoisotopic (exact) mass is 357 g/mol. The fraction of sp³-hybridized carbons (Fsp3) is 0.222. The zero-order chi connectivity index (χ0) is 17.4. The first-order valence-electron chi connectivity index (χ1n) is 7.96. The second-order valence-electron chi connectivity index (χ2n) is 5.78. The lowest BCUT2D eigenvalue weighted by Gasteiger charge is -2.21. The number of fused-ring (bicyclic) bond motifs is 2. The predicted octanol–water partition coefficient (Wildman–Crippen LogP) is 3.25. The van der Waals surface area contributed by atoms with Crippen molar-refractivity contribution in [1.82, 2.24) is 14.7 Å². The van der Waals surface area contributed by atoms with Gasteiger partial charge >= 0.3 is 0 Å². The minimum absolute atomic E-state index is 0.179. The van der Waals surface area contributed by atoms with Crippen molar-refractivity contribution in [2.45, 2.75) is 13.0 Å². The second-order valence-corrected chi connectivity index (χ2v) is 6.14. The molecule has 1 aromatic carbocycles. The first-order valence-corrected chi connectivity index (χ1v) is 8.34. The summed E-state index contributed by atoms with van der Waals surface area (Å²) < 4.78 is 12.8. The van der Waals surface area contributed by atoms with E-state index in [2.05, 4.69) is 10.3 Å². The van der Waals surface area contributed by atoms with Gasteiger partial charge in [0.05, 0.1) is 6.04 Å². The van der Waals surface area contributed by atoms with Crippen molar-refractivity contribution in [3.05, 3.63) is 59.0 Å². The molecule has 3 aromatic rings. The summed E-state index contributed by atoms with van der Waals surface area (Å²) in [5.74, 6) is 1.13. The van der Waals surface area contributed by atoms with Crippen LogP contribution in [0.2, 0.25) is 5.15 Å². The summed E-state index contributed by atoms with van der Waals surface area (Å²) in [5.41, 5.74) is 1.87. The Morgan fingerprint density at radius 2 is 2.04 bits per heavy atom. The highest BCUT2D eigenvalue weighted by atomic mass is 35.5. The Hall–Kier alpha value is -2.73. The number of carbonyl (C=O) groups excluding carboxylic acids is 1. The van der Waals surface area contributed by atoms with Crippen LogP contribution >= 0.6 is 11.6 Å². The highest BCUT2D eigenvalue weighted by molar-refractivity contribution is 6.32. The van der Waals surface area contributed by atoms with Crippen molar-refractivity contribution in [3.63, 3.8) is 0 Å². The molecule has 0 radical (unpaired) electrons. The van der Waals surface area contributed by atoms with Crippen LogP contribution in [0, 0.1) is 0 Å². The molecule has 1 N–H and O–H groups in total. The van der Waals surface area contributed by atoms with Gasteiger partial charge in [-0.25, -0.2) is 4.98 Å². The lowest BCUT2D eigenvalue weighted by atomic mass is 10.1. The summed E-state index contributed by atoms with van der Waals surface area (Å²) in [6.45, 7) is 2.97. The number of hydrogen-bond acceptors (Lipinski definition) is 4. The van der Waals surface area contributed by atoms with Crippen molar-refractivity contribution in [3.8, 4) is 11.5 Å². The average Bonchev–Trinajstić information content (AvgIpc) is 2.97. The largest absolute Gasteiger partial charge is 0.486 e. The zero-order valence-electron chi connectivity index (χ0n) is 13.5. The van der Waals surface area contributed by atoms with Crippen molar-refractivity contribution in [2.75, 3.05) is 13.2 Å². The summed E-state index contributed by atoms with van der Waals surface area (Å²) >= 11 is 6.16. The molecule has 1 atom stereocenters. The van der Waals surface area contributed by atoms with E-state index in [0.29, 0.717) is 30.3 Å². The van der Waals surface area contributed by atoms with Crippen LogP contribution in [0.3, 0.4) is 0 Å². The fourth-order valence-corrected chi connectivity index (χ4v) is 3.11. The van der Waals surface area contributed by atoms with Gasteiger partial charge in [0, 0.05) is 6.20 Å². The minimum atomic E-state index is -0.286. The van der Waals surface area contributed by atoms with Crippen LogP contribution in [-0.2, 0) is 0 Å². The molecule has 7 heteroatoms. The first-order chi connectivity index (χ1) is 12.1. The minimum Gasteiger partial charge on any atom is -0.486 e. The number of imidazole rings is 1. The quantitative estimate of drug-likeness (QED) is 0.781. The van der Waals surface area contributed by atoms with Crippen LogP contribution in [-0.4, -0.2) is 28.5 Å². The Bertz CT molecular complexity index is 954. The predicted molar refractivity (Wildman–Crippen MR) is 93.5 cm³/mol. The standard InChI is InChI=1S/C18H16ClN3O3/c1-11(12-5-6-13-14(10-12)25-9-8-24-13)20-18(23)16-17(19)21-15-4-2-3-7-22(15)16/h2-7,10-11H,8-9H2,1H3,(H,20,23)/t11-/m0/s1. The van der Waals surface area contributed by atoms with E-state index in [1.54, 1.807) is 16.7 Å². The van der Waals surface area contributed by atoms with Gasteiger partial charge in [0.2, 0.25) is 0 Å². The number of halogens is 1. The molecule has 0 saturated carbocycles. The van der Waals surface area contributed by atoms with Gasteiger partial charge in [0.1, 0.15) is 18.9 Å². The number of aromatic nitrogens is 2. The molecule has 128 valence electrons. The number of carbonyl (C=O) groups is 1. The van der Waals surface area contributed by atoms with Gasteiger partial charge in [-0.2, -0.15) is 0 Å². The van der Waals surface area contributed by atoms with Crippen molar-refractivity contribution in [2.24, 2.45) is 0 Å². The molecule has 1 aliphatic heterocycles. The number of ether oxygens (including phenoxy) is 2. The molecule has 0 unspecified atom stereocenters. The first kappa shape index (κ1) is 15.8. The topological polar surface area (TPSA) is 64.9 Å². The Balaban J connectivity index is 1.59. The van der Waals surface area contributed by atoms with E-state index in [1.165, 1.54) is 0 Å². The number of rotatable bonds is 3. The smallest absolute Gasteiger partial charge is 0.272 e. The molecule has 25 heavy (non-hydrogen) atoms. The number of benzene rings is 1. The summed E-state index contributed by atoms with van der Waals surface area (Å²) in [6, 6.07) is 10.9. The van der Waals surface area contributed by atoms with Crippen molar-refractivity contribution in [1.29, 1.82) is 0 Å². The summed E-state index contributed by atoms with van der Waals surface area (Å²) in [7, 11) is 0. The van der Waals surface area contributed by atoms with Crippen LogP contribution in [0.25, 0.3) is 5.65 Å². The number of nitrogens with one attached hydrogen (secondary N) is 1. The molecule has 0 bridgehead atoms. The molecule has 2 aromatic heterocycles. The Morgan fingerprint density at radius 1 is 1.24 bits per heavy atom. The Morgan fingerprint density at radius 3 is 2.88 bits per heavy atom. The maximum absolute atomic E-state index is 12.7. The van der Waals surface area contributed by atoms with Crippen LogP contribution in [0.1, 0.15) is 29.0 Å². The molecular formula is C18H16ClN3O3. The summed E-state index contributed by atoms with van der Waals surface area (Å²) in [5, 5.41) is 3.14. The van der Waals surface area contributed by atoms with E-state index in [9.17, 15) is 4.79 Å². The van der Waals surface area contributed by atoms with E-state index < -0.39 is 0 Å². The molecule has 0 saturated heterocycles. The molecule has 3 heterocycles. The molecule has 0 spiro atoms. The maximum atomic E-state index is 12.7. The van der Waals surface area contributed by atoms with E-state index >= 15 is 0 Å². The third-order valence-electron chi connectivity index (χ3n) is 4.12. The van der Waals surface area contributed by atoms with Crippen LogP contribution < -0.4 is 14.8 Å². The van der Waals surface area contributed by atoms with E-state index in [1.807, 2.05) is 37.3 Å². The Kier molecular flexibility index (Phi) is 3.97. The Labute approximate surface area is 149 Å². The molecule has 0 fully saturated rings. The lowest BCUT2D eigenvalue weighted by molar-refractivity contribution is 0.0934. The van der Waals surface area contributed by atoms with Crippen LogP contribution in [0.5, 0.6) is 11.5 Å². The van der Waals surface area contributed by atoms with Gasteiger partial charge < -0.3 is 14.8 Å². The van der Waals surface area contributed by atoms with Gasteiger partial charge in [-0.05, 0) is 36.8 Å². The normalized spacial score (nSPS) is 14.3. The van der Waals surface area contributed by atoms with Crippen LogP contribution in [0.15, 0.2) is 42.6 Å². The highest BCUT2D eigenvalue weighted by Crippen LogP contribution is 2.32. The van der Waals surface area contributed by atoms with E-state index in [0.717, 1.165) is 11.3 Å². The van der Waals surface area contributed by atoms with Crippen molar-refractivity contribution < 1.29 is 14.3 Å². The zero-order valence-corrected chi connectivity index (χ0v) is 14.3. The summed E-state index contributed by atoms with van der Waals surface area (Å²) in [6.07, 6.45) is 1.76. The van der Waals surface area contributed by atoms with E-state index in [-0.39, 0.29) is 17.1 Å². The number of nitrogens with zero attached hydrogens (tertiary/aromatic N) is 2. The molecule has 0 aliphatic carbocycles. The highest BCUT2D eigenvalue weighted by Gasteiger charge is 2.21. The molecule has 1 amide bonds. The van der Waals surface area contributed by atoms with Gasteiger partial charge in [-0.1, -0.05) is 23.7 Å². The van der Waals surface area contributed by atoms with Gasteiger partial charge in [-0.3, -0.25) is 9.20 Å². The SMILES string of the molecule is C[C@H](NC(=O)c1c(Cl)nc2ccccn12)c1ccc2c(c1)OCCO2. The molecule has 1 aliphatic rings.